The molecule has 0 spiro atoms. The van der Waals surface area contributed by atoms with Gasteiger partial charge >= 0.3 is 0 Å². The van der Waals surface area contributed by atoms with Crippen LogP contribution >= 0.6 is 11.6 Å². The normalized spacial score (nSPS) is 20.8. The SMILES string of the molecule is CC(=O)N1CCO[C@](C)(C#Cc2ccc(-c3ccc(Cl)c4c(CS(C)(=O)=O)nn(C)c34)c([C@@H](CC(=O)Cn3nc(C(F)F)c4c3C(F)(F)[C@@H]3C[C@H]43)Cc3cc(F)cc(F)c3)n2)C1. The molecular formula is C43H39ClF6N6O5S. The molecule has 0 N–H and O–H groups in total. The number of halogens is 7. The van der Waals surface area contributed by atoms with Gasteiger partial charge in [-0.1, -0.05) is 23.6 Å². The van der Waals surface area contributed by atoms with Crippen molar-refractivity contribution in [1.29, 1.82) is 0 Å². The molecule has 11 nitrogen and oxygen atoms in total. The van der Waals surface area contributed by atoms with Crippen molar-refractivity contribution < 1.29 is 49.1 Å². The van der Waals surface area contributed by atoms with Crippen molar-refractivity contribution in [1.82, 2.24) is 29.4 Å². The van der Waals surface area contributed by atoms with E-state index >= 15 is 8.78 Å². The van der Waals surface area contributed by atoms with E-state index in [0.29, 0.717) is 39.3 Å². The number of rotatable bonds is 11. The quantitative estimate of drug-likeness (QED) is 0.0990. The number of carbonyl (C=O) groups is 2. The molecule has 2 aromatic carbocycles. The third kappa shape index (κ3) is 8.34. The minimum Gasteiger partial charge on any atom is -0.359 e. The average molecular weight is 901 g/mol. The number of carbonyl (C=O) groups excluding carboxylic acids is 2. The lowest BCUT2D eigenvalue weighted by Crippen LogP contribution is -2.50. The molecule has 5 aromatic rings. The molecule has 0 bridgehead atoms. The van der Waals surface area contributed by atoms with Gasteiger partial charge in [0, 0.05) is 73.2 Å². The second kappa shape index (κ2) is 15.8. The summed E-state index contributed by atoms with van der Waals surface area (Å²) in [6, 6.07) is 9.24. The van der Waals surface area contributed by atoms with Crippen LogP contribution in [0.15, 0.2) is 42.5 Å². The fourth-order valence-electron chi connectivity index (χ4n) is 8.88. The minimum atomic E-state index is -3.59. The number of amides is 1. The van der Waals surface area contributed by atoms with Crippen LogP contribution < -0.4 is 0 Å². The molecule has 62 heavy (non-hydrogen) atoms. The Morgan fingerprint density at radius 1 is 1.05 bits per heavy atom. The third-order valence-electron chi connectivity index (χ3n) is 11.6. The molecule has 1 aliphatic heterocycles. The van der Waals surface area contributed by atoms with Crippen molar-refractivity contribution in [3.05, 3.63) is 98.7 Å². The van der Waals surface area contributed by atoms with E-state index in [1.807, 2.05) is 0 Å². The van der Waals surface area contributed by atoms with E-state index in [4.69, 9.17) is 21.3 Å². The maximum absolute atomic E-state index is 15.5. The predicted molar refractivity (Wildman–Crippen MR) is 215 cm³/mol. The number of morpholine rings is 1. The highest BCUT2D eigenvalue weighted by molar-refractivity contribution is 7.89. The summed E-state index contributed by atoms with van der Waals surface area (Å²) in [5.74, 6) is -3.57. The van der Waals surface area contributed by atoms with Crippen LogP contribution in [0.1, 0.15) is 84.5 Å². The highest BCUT2D eigenvalue weighted by atomic mass is 35.5. The van der Waals surface area contributed by atoms with E-state index in [9.17, 15) is 35.6 Å². The monoisotopic (exact) mass is 900 g/mol. The smallest absolute Gasteiger partial charge is 0.293 e. The van der Waals surface area contributed by atoms with Crippen LogP contribution in [-0.4, -0.2) is 81.1 Å². The van der Waals surface area contributed by atoms with E-state index in [-0.39, 0.29) is 65.1 Å². The van der Waals surface area contributed by atoms with Gasteiger partial charge in [-0.05, 0) is 67.5 Å². The minimum absolute atomic E-state index is 0.0317. The van der Waals surface area contributed by atoms with Crippen LogP contribution in [-0.2, 0) is 55.9 Å². The van der Waals surface area contributed by atoms with Gasteiger partial charge in [-0.2, -0.15) is 19.0 Å². The second-order valence-corrected chi connectivity index (χ2v) is 19.0. The molecule has 3 aromatic heterocycles. The molecule has 1 saturated carbocycles. The summed E-state index contributed by atoms with van der Waals surface area (Å²) in [7, 11) is -2.00. The maximum Gasteiger partial charge on any atom is 0.293 e. The van der Waals surface area contributed by atoms with Crippen molar-refractivity contribution in [3.8, 4) is 23.0 Å². The standard InChI is InChI=1S/C43H39ClF6N6O5S/c1-22(57)55-11-12-61-42(2,21-55)10-9-27-5-6-29(30-7-8-33(44)36-34(20-62(4,59)60)52-54(3)39(30)36)37(51-27)24(13-23-14-25(45)17-26(46)15-23)16-28(58)19-56-40-35(38(53-56)41(47)48)31-18-32(31)43(40,49)50/h5-8,14-15,17,24,31-32,41H,11-13,16,18-21H2,1-4H3/t24-,31+,32-,42-/m1/s1. The first-order valence-electron chi connectivity index (χ1n) is 19.6. The molecule has 2 aliphatic carbocycles. The number of ketones is 1. The summed E-state index contributed by atoms with van der Waals surface area (Å²) in [5.41, 5.74) is -1.07. The zero-order chi connectivity index (χ0) is 44.6. The number of aromatic nitrogens is 5. The Bertz CT molecular complexity index is 2840. The van der Waals surface area contributed by atoms with Gasteiger partial charge in [0.2, 0.25) is 5.91 Å². The Kier molecular flexibility index (Phi) is 11.1. The van der Waals surface area contributed by atoms with Crippen LogP contribution in [0.3, 0.4) is 0 Å². The van der Waals surface area contributed by atoms with Crippen LogP contribution in [0.25, 0.3) is 22.0 Å². The summed E-state index contributed by atoms with van der Waals surface area (Å²) in [5, 5.41) is 8.80. The second-order valence-electron chi connectivity index (χ2n) is 16.5. The first-order chi connectivity index (χ1) is 29.1. The number of ether oxygens (including phenoxy) is 1. The number of nitrogens with zero attached hydrogens (tertiary/aromatic N) is 6. The first kappa shape index (κ1) is 43.4. The highest BCUT2D eigenvalue weighted by Crippen LogP contribution is 2.68. The van der Waals surface area contributed by atoms with E-state index in [0.717, 1.165) is 18.4 Å². The molecule has 1 amide bonds. The fourth-order valence-corrected chi connectivity index (χ4v) is 9.84. The Labute approximate surface area is 357 Å². The van der Waals surface area contributed by atoms with Crippen LogP contribution in [0, 0.1) is 29.4 Å². The van der Waals surface area contributed by atoms with E-state index < -0.39 is 93.1 Å². The molecule has 0 unspecified atom stereocenters. The lowest BCUT2D eigenvalue weighted by Gasteiger charge is -2.36. The average Bonchev–Trinajstić information content (AvgIpc) is 3.72. The van der Waals surface area contributed by atoms with Gasteiger partial charge in [0.15, 0.2) is 15.6 Å². The number of aryl methyl sites for hydroxylation is 1. The maximum atomic E-state index is 15.5. The Balaban J connectivity index is 1.28. The van der Waals surface area contributed by atoms with E-state index in [2.05, 4.69) is 22.0 Å². The summed E-state index contributed by atoms with van der Waals surface area (Å²) in [4.78, 5) is 32.9. The van der Waals surface area contributed by atoms with Gasteiger partial charge in [-0.3, -0.25) is 19.0 Å². The number of alkyl halides is 4. The van der Waals surface area contributed by atoms with Gasteiger partial charge in [0.25, 0.3) is 12.3 Å². The number of pyridine rings is 1. The van der Waals surface area contributed by atoms with Crippen LogP contribution in [0.4, 0.5) is 26.3 Å². The Morgan fingerprint density at radius 3 is 2.44 bits per heavy atom. The van der Waals surface area contributed by atoms with Crippen LogP contribution in [0.5, 0.6) is 0 Å². The molecule has 1 saturated heterocycles. The van der Waals surface area contributed by atoms with Crippen molar-refractivity contribution >= 4 is 44.0 Å². The summed E-state index contributed by atoms with van der Waals surface area (Å²) >= 11 is 6.68. The van der Waals surface area contributed by atoms with Crippen molar-refractivity contribution in [2.75, 3.05) is 26.0 Å². The molecule has 19 heteroatoms. The summed E-state index contributed by atoms with van der Waals surface area (Å²) < 4.78 is 122. The van der Waals surface area contributed by atoms with Gasteiger partial charge < -0.3 is 9.64 Å². The fraction of sp³-hybridized carbons (Fsp3) is 0.419. The molecule has 4 heterocycles. The Morgan fingerprint density at radius 2 is 1.76 bits per heavy atom. The molecular weight excluding hydrogens is 862 g/mol. The van der Waals surface area contributed by atoms with Crippen molar-refractivity contribution in [2.24, 2.45) is 13.0 Å². The topological polar surface area (TPSA) is 129 Å². The highest BCUT2D eigenvalue weighted by Gasteiger charge is 2.67. The van der Waals surface area contributed by atoms with E-state index in [1.165, 1.54) is 17.7 Å². The lowest BCUT2D eigenvalue weighted by molar-refractivity contribution is -0.139. The number of hydrogen-bond acceptors (Lipinski definition) is 8. The number of hydrogen-bond donors (Lipinski definition) is 0. The largest absolute Gasteiger partial charge is 0.359 e. The molecule has 0 radical (unpaired) electrons. The molecule has 4 atom stereocenters. The summed E-state index contributed by atoms with van der Waals surface area (Å²) in [6.07, 6.45) is -2.80. The predicted octanol–water partition coefficient (Wildman–Crippen LogP) is 7.43. The molecule has 3 aliphatic rings. The number of benzene rings is 2. The third-order valence-corrected chi connectivity index (χ3v) is 12.7. The van der Waals surface area contributed by atoms with Crippen LogP contribution in [0.2, 0.25) is 5.02 Å². The molecule has 8 rings (SSSR count). The van der Waals surface area contributed by atoms with Gasteiger partial charge in [0.05, 0.1) is 40.8 Å². The lowest BCUT2D eigenvalue weighted by atomic mass is 9.86. The van der Waals surface area contributed by atoms with Crippen molar-refractivity contribution in [3.63, 3.8) is 0 Å². The zero-order valence-corrected chi connectivity index (χ0v) is 35.4. The summed E-state index contributed by atoms with van der Waals surface area (Å²) in [6.45, 7) is 3.09. The van der Waals surface area contributed by atoms with Crippen molar-refractivity contribution in [2.45, 2.75) is 75.2 Å². The van der Waals surface area contributed by atoms with Gasteiger partial charge in [-0.25, -0.2) is 31.0 Å². The number of fused-ring (bicyclic) bond motifs is 4. The molecule has 2 fully saturated rings. The van der Waals surface area contributed by atoms with Gasteiger partial charge in [-0.15, -0.1) is 0 Å². The molecule has 326 valence electrons. The number of sulfone groups is 1. The van der Waals surface area contributed by atoms with E-state index in [1.54, 1.807) is 37.1 Å². The Hall–Kier alpha value is -5.25. The first-order valence-corrected chi connectivity index (χ1v) is 22.1. The number of Topliss-reactive ketones (excluding diaryl/α,β-unsaturated/α-hetero) is 1. The zero-order valence-electron chi connectivity index (χ0n) is 33.8. The van der Waals surface area contributed by atoms with Gasteiger partial charge in [0.1, 0.15) is 40.9 Å².